The summed E-state index contributed by atoms with van der Waals surface area (Å²) in [6.07, 6.45) is 1.65. The molecule has 0 unspecified atom stereocenters. The van der Waals surface area contributed by atoms with Crippen LogP contribution < -0.4 is 5.19 Å². The van der Waals surface area contributed by atoms with Crippen LogP contribution in [0.15, 0.2) is 30.3 Å². The molecule has 1 aromatic rings. The second-order valence-corrected chi connectivity index (χ2v) is 11.3. The quantitative estimate of drug-likeness (QED) is 0.561. The highest BCUT2D eigenvalue weighted by Gasteiger charge is 2.35. The highest BCUT2D eigenvalue weighted by Crippen LogP contribution is 2.32. The van der Waals surface area contributed by atoms with Gasteiger partial charge >= 0.3 is 5.97 Å². The molecule has 0 radical (unpaired) electrons. The third-order valence-electron chi connectivity index (χ3n) is 4.01. The fourth-order valence-electron chi connectivity index (χ4n) is 2.73. The van der Waals surface area contributed by atoms with Crippen LogP contribution in [0.2, 0.25) is 18.6 Å². The van der Waals surface area contributed by atoms with Gasteiger partial charge in [0.2, 0.25) is 0 Å². The van der Waals surface area contributed by atoms with Gasteiger partial charge in [-0.1, -0.05) is 62.5 Å². The molecule has 0 bridgehead atoms. The number of benzene rings is 1. The Morgan fingerprint density at radius 2 is 1.80 bits per heavy atom. The second kappa shape index (κ2) is 7.63. The zero-order valence-corrected chi connectivity index (χ0v) is 14.5. The molecule has 1 rings (SSSR count). The number of hydrogen-bond donors (Lipinski definition) is 0. The first-order valence-electron chi connectivity index (χ1n) is 7.59. The van der Waals surface area contributed by atoms with E-state index in [4.69, 9.17) is 4.74 Å². The van der Waals surface area contributed by atoms with Gasteiger partial charge in [-0.25, -0.2) is 0 Å². The second-order valence-electron chi connectivity index (χ2n) is 6.42. The van der Waals surface area contributed by atoms with Crippen molar-refractivity contribution in [3.63, 3.8) is 0 Å². The number of carbonyl (C=O) groups is 1. The lowest BCUT2D eigenvalue weighted by Gasteiger charge is -2.33. The van der Waals surface area contributed by atoms with E-state index in [0.717, 1.165) is 6.42 Å². The van der Waals surface area contributed by atoms with Crippen LogP contribution in [0.4, 0.5) is 0 Å². The van der Waals surface area contributed by atoms with Gasteiger partial charge in [-0.15, -0.1) is 0 Å². The maximum Gasteiger partial charge on any atom is 0.305 e. The van der Waals surface area contributed by atoms with Crippen LogP contribution in [-0.4, -0.2) is 20.7 Å². The van der Waals surface area contributed by atoms with E-state index >= 15 is 0 Å². The molecule has 20 heavy (non-hydrogen) atoms. The van der Waals surface area contributed by atoms with Gasteiger partial charge in [-0.2, -0.15) is 0 Å². The van der Waals surface area contributed by atoms with E-state index in [1.54, 1.807) is 0 Å². The Bertz CT molecular complexity index is 412. The predicted octanol–water partition coefficient (Wildman–Crippen LogP) is 3.97. The molecule has 0 fully saturated rings. The maximum absolute atomic E-state index is 11.9. The number of rotatable bonds is 7. The molecule has 0 heterocycles. The Balaban J connectivity index is 2.93. The Kier molecular flexibility index (Phi) is 6.47. The summed E-state index contributed by atoms with van der Waals surface area (Å²) in [7, 11) is -1.66. The van der Waals surface area contributed by atoms with Crippen molar-refractivity contribution in [2.24, 2.45) is 5.92 Å². The molecule has 0 aromatic heterocycles. The zero-order valence-electron chi connectivity index (χ0n) is 13.5. The summed E-state index contributed by atoms with van der Waals surface area (Å²) < 4.78 is 5.17. The third kappa shape index (κ3) is 4.78. The number of hydrogen-bond acceptors (Lipinski definition) is 2. The molecule has 0 spiro atoms. The lowest BCUT2D eigenvalue weighted by Crippen LogP contribution is -2.47. The van der Waals surface area contributed by atoms with Crippen molar-refractivity contribution in [1.29, 1.82) is 0 Å². The van der Waals surface area contributed by atoms with Gasteiger partial charge in [0.1, 0.15) is 0 Å². The maximum atomic E-state index is 11.9. The van der Waals surface area contributed by atoms with Gasteiger partial charge in [0.05, 0.1) is 14.7 Å². The molecule has 1 atom stereocenters. The molecule has 0 saturated heterocycles. The van der Waals surface area contributed by atoms with Crippen LogP contribution in [0.5, 0.6) is 0 Å². The lowest BCUT2D eigenvalue weighted by molar-refractivity contribution is -0.143. The Hall–Kier alpha value is -1.09. The summed E-state index contributed by atoms with van der Waals surface area (Å²) >= 11 is 0. The minimum absolute atomic E-state index is 0.0466. The van der Waals surface area contributed by atoms with E-state index in [0.29, 0.717) is 24.5 Å². The first kappa shape index (κ1) is 17.0. The largest absolute Gasteiger partial charge is 0.466 e. The molecule has 0 aliphatic carbocycles. The molecule has 0 aliphatic heterocycles. The van der Waals surface area contributed by atoms with Crippen molar-refractivity contribution >= 4 is 19.2 Å². The highest BCUT2D eigenvalue weighted by atomic mass is 28.3. The van der Waals surface area contributed by atoms with Gasteiger partial charge < -0.3 is 4.74 Å². The van der Waals surface area contributed by atoms with Gasteiger partial charge in [0.15, 0.2) is 0 Å². The van der Waals surface area contributed by atoms with Crippen molar-refractivity contribution in [1.82, 2.24) is 0 Å². The van der Waals surface area contributed by atoms with E-state index in [1.165, 1.54) is 5.19 Å². The summed E-state index contributed by atoms with van der Waals surface area (Å²) in [5, 5.41) is 1.43. The standard InChI is InChI=1S/C17H28O2Si/c1-6-19-17(18)13-16(12-14(2)3)20(4,5)15-10-8-7-9-11-15/h7-11,14,16H,6,12-13H2,1-5H3/t16-/m1/s1. The van der Waals surface area contributed by atoms with Crippen molar-refractivity contribution in [3.05, 3.63) is 30.3 Å². The van der Waals surface area contributed by atoms with E-state index in [9.17, 15) is 4.79 Å². The lowest BCUT2D eigenvalue weighted by atomic mass is 10.1. The molecule has 0 amide bonds. The number of carbonyl (C=O) groups excluding carboxylic acids is 1. The Morgan fingerprint density at radius 1 is 1.20 bits per heavy atom. The fraction of sp³-hybridized carbons (Fsp3) is 0.588. The summed E-state index contributed by atoms with van der Waals surface area (Å²) in [6.45, 7) is 11.5. The van der Waals surface area contributed by atoms with Crippen molar-refractivity contribution < 1.29 is 9.53 Å². The normalized spacial score (nSPS) is 13.3. The number of esters is 1. The molecule has 1 aromatic carbocycles. The van der Waals surface area contributed by atoms with E-state index in [2.05, 4.69) is 57.3 Å². The van der Waals surface area contributed by atoms with Crippen molar-refractivity contribution in [3.8, 4) is 0 Å². The van der Waals surface area contributed by atoms with Crippen LogP contribution >= 0.6 is 0 Å². The summed E-state index contributed by atoms with van der Waals surface area (Å²) in [5.41, 5.74) is 0.434. The van der Waals surface area contributed by atoms with Gasteiger partial charge in [0.25, 0.3) is 0 Å². The van der Waals surface area contributed by atoms with E-state index in [1.807, 2.05) is 6.92 Å². The first-order valence-corrected chi connectivity index (χ1v) is 10.7. The summed E-state index contributed by atoms with van der Waals surface area (Å²) in [4.78, 5) is 11.9. The fourth-order valence-corrected chi connectivity index (χ4v) is 5.99. The van der Waals surface area contributed by atoms with Crippen LogP contribution in [0.1, 0.15) is 33.6 Å². The van der Waals surface area contributed by atoms with E-state index in [-0.39, 0.29) is 5.97 Å². The minimum Gasteiger partial charge on any atom is -0.466 e. The summed E-state index contributed by atoms with van der Waals surface area (Å²) in [6, 6.07) is 10.7. The Labute approximate surface area is 124 Å². The van der Waals surface area contributed by atoms with Crippen molar-refractivity contribution in [2.45, 2.75) is 52.2 Å². The van der Waals surface area contributed by atoms with E-state index < -0.39 is 8.07 Å². The molecule has 0 aliphatic rings. The molecule has 3 heteroatoms. The molecule has 112 valence electrons. The Morgan fingerprint density at radius 3 is 2.30 bits per heavy atom. The topological polar surface area (TPSA) is 26.3 Å². The smallest absolute Gasteiger partial charge is 0.305 e. The van der Waals surface area contributed by atoms with Crippen LogP contribution in [0.25, 0.3) is 0 Å². The van der Waals surface area contributed by atoms with Gasteiger partial charge in [-0.3, -0.25) is 4.79 Å². The van der Waals surface area contributed by atoms with Gasteiger partial charge in [-0.05, 0) is 24.8 Å². The third-order valence-corrected chi connectivity index (χ3v) is 8.32. The molecule has 0 saturated carbocycles. The molecular formula is C17H28O2Si. The van der Waals surface area contributed by atoms with Crippen molar-refractivity contribution in [2.75, 3.05) is 6.61 Å². The zero-order chi connectivity index (χ0) is 15.2. The SMILES string of the molecule is CCOC(=O)C[C@@H](CC(C)C)[Si](C)(C)c1ccccc1. The molecule has 0 N–H and O–H groups in total. The highest BCUT2D eigenvalue weighted by molar-refractivity contribution is 6.91. The summed E-state index contributed by atoms with van der Waals surface area (Å²) in [5.74, 6) is 0.555. The average Bonchev–Trinajstić information content (AvgIpc) is 2.38. The van der Waals surface area contributed by atoms with Gasteiger partial charge in [0, 0.05) is 6.42 Å². The molecule has 2 nitrogen and oxygen atoms in total. The molecular weight excluding hydrogens is 264 g/mol. The monoisotopic (exact) mass is 292 g/mol. The van der Waals surface area contributed by atoms with Crippen LogP contribution in [0.3, 0.4) is 0 Å². The average molecular weight is 292 g/mol. The minimum atomic E-state index is -1.66. The first-order chi connectivity index (χ1) is 9.37. The van der Waals surface area contributed by atoms with Crippen LogP contribution in [-0.2, 0) is 9.53 Å². The number of ether oxygens (including phenoxy) is 1. The predicted molar refractivity (Wildman–Crippen MR) is 88.0 cm³/mol. The van der Waals surface area contributed by atoms with Crippen LogP contribution in [0, 0.1) is 5.92 Å².